The van der Waals surface area contributed by atoms with E-state index in [1.54, 1.807) is 0 Å². The van der Waals surface area contributed by atoms with Crippen LogP contribution in [0.1, 0.15) is 18.3 Å². The Morgan fingerprint density at radius 3 is 3.04 bits per heavy atom. The molecular formula is C10H17N5NaO6P. The van der Waals surface area contributed by atoms with Gasteiger partial charge in [0.1, 0.15) is 18.2 Å². The molecule has 1 aromatic rings. The fourth-order valence-corrected chi connectivity index (χ4v) is 2.78. The van der Waals surface area contributed by atoms with Crippen molar-refractivity contribution in [1.29, 1.82) is 0 Å². The van der Waals surface area contributed by atoms with E-state index >= 15 is 0 Å². The van der Waals surface area contributed by atoms with Crippen LogP contribution in [0.25, 0.3) is 0 Å². The zero-order chi connectivity index (χ0) is 16.0. The molecule has 6 N–H and O–H groups in total. The molecule has 0 radical (unpaired) electrons. The number of ether oxygens (including phenoxy) is 2. The van der Waals surface area contributed by atoms with Crippen LogP contribution >= 0.6 is 7.60 Å². The number of fused-ring (bicyclic) bond motifs is 1. The van der Waals surface area contributed by atoms with Gasteiger partial charge in [-0.25, -0.2) is 9.98 Å². The number of hydrogen-bond acceptors (Lipinski definition) is 8. The summed E-state index contributed by atoms with van der Waals surface area (Å²) in [7, 11) is -4.28. The van der Waals surface area contributed by atoms with Gasteiger partial charge in [0.25, 0.3) is 5.91 Å². The van der Waals surface area contributed by atoms with Crippen molar-refractivity contribution in [2.75, 3.05) is 13.0 Å². The normalized spacial score (nSPS) is 30.2. The van der Waals surface area contributed by atoms with Gasteiger partial charge in [0.05, 0.1) is 31.8 Å². The summed E-state index contributed by atoms with van der Waals surface area (Å²) >= 11 is 0. The summed E-state index contributed by atoms with van der Waals surface area (Å²) in [5.41, 5.74) is 6.49. The van der Waals surface area contributed by atoms with Gasteiger partial charge >= 0.3 is 37.2 Å². The van der Waals surface area contributed by atoms with Gasteiger partial charge in [-0.1, -0.05) is 0 Å². The molecule has 1 aromatic heterocycles. The Morgan fingerprint density at radius 2 is 2.35 bits per heavy atom. The molecule has 13 heteroatoms. The van der Waals surface area contributed by atoms with Gasteiger partial charge in [-0.05, 0) is 0 Å². The summed E-state index contributed by atoms with van der Waals surface area (Å²) in [5, 5.41) is 10.6. The van der Waals surface area contributed by atoms with Crippen LogP contribution in [0.3, 0.4) is 0 Å². The van der Waals surface area contributed by atoms with Crippen LogP contribution in [0.2, 0.25) is 0 Å². The third-order valence-electron chi connectivity index (χ3n) is 3.41. The summed E-state index contributed by atoms with van der Waals surface area (Å²) in [6, 6.07) is 0. The third kappa shape index (κ3) is 4.02. The van der Waals surface area contributed by atoms with Gasteiger partial charge < -0.3 is 35.1 Å². The topological polar surface area (TPSA) is 167 Å². The first-order valence-electron chi connectivity index (χ1n) is 6.42. The molecule has 1 unspecified atom stereocenters. The summed E-state index contributed by atoms with van der Waals surface area (Å²) in [5.74, 6) is -1.28. The first-order valence-corrected chi connectivity index (χ1v) is 8.22. The fraction of sp³-hybridized carbons (Fsp3) is 0.600. The maximum atomic E-state index is 10.8. The van der Waals surface area contributed by atoms with Crippen LogP contribution in [0.5, 0.6) is 0 Å². The Labute approximate surface area is 153 Å². The average Bonchev–Trinajstić information content (AvgIpc) is 3.03. The van der Waals surface area contributed by atoms with E-state index in [1.165, 1.54) is 17.6 Å². The number of nitrogens with one attached hydrogen (secondary N) is 1. The van der Waals surface area contributed by atoms with Crippen molar-refractivity contribution in [3.63, 3.8) is 0 Å². The Balaban J connectivity index is 0.00000192. The summed E-state index contributed by atoms with van der Waals surface area (Å²) in [6.07, 6.45) is 0.559. The molecule has 1 saturated heterocycles. The molecule has 3 heterocycles. The third-order valence-corrected chi connectivity index (χ3v) is 3.90. The molecule has 3 atom stereocenters. The van der Waals surface area contributed by atoms with Crippen molar-refractivity contribution < 1.29 is 28.9 Å². The standard InChI is InChI=1S/C10H16N5O6P.Na.H/c11-8-7-9(13-3-12-7)14-4-15(8)10(16)1-6(2-21-10)20-5-22(17,18)19;;/h3-4,6,8,16H,1-2,5,11H2,(H,12,13)(H2,17,18,19);;/t6-,8?,10+;;/m0../s1. The molecule has 0 saturated carbocycles. The number of aliphatic hydroxyl groups is 1. The van der Waals surface area contributed by atoms with Crippen LogP contribution in [0.15, 0.2) is 11.3 Å². The Bertz CT molecular complexity index is 637. The van der Waals surface area contributed by atoms with Gasteiger partial charge in [-0.3, -0.25) is 9.46 Å². The zero-order valence-electron chi connectivity index (χ0n) is 11.4. The van der Waals surface area contributed by atoms with Gasteiger partial charge in [-0.2, -0.15) is 0 Å². The number of nitrogens with zero attached hydrogens (tertiary/aromatic N) is 3. The monoisotopic (exact) mass is 357 g/mol. The van der Waals surface area contributed by atoms with E-state index in [9.17, 15) is 9.67 Å². The Hall–Kier alpha value is -0.330. The molecule has 0 aromatic carbocycles. The molecule has 11 nitrogen and oxygen atoms in total. The van der Waals surface area contributed by atoms with E-state index in [2.05, 4.69) is 15.0 Å². The number of aromatic amines is 1. The van der Waals surface area contributed by atoms with Crippen LogP contribution in [-0.2, 0) is 14.0 Å². The first kappa shape index (κ1) is 19.0. The van der Waals surface area contributed by atoms with E-state index in [-0.39, 0.29) is 42.6 Å². The minimum absolute atomic E-state index is 0. The number of imidazole rings is 1. The molecule has 3 rings (SSSR count). The number of hydrogen-bond donors (Lipinski definition) is 5. The van der Waals surface area contributed by atoms with E-state index in [0.717, 1.165) is 0 Å². The van der Waals surface area contributed by atoms with Gasteiger partial charge in [0, 0.05) is 0 Å². The van der Waals surface area contributed by atoms with E-state index in [0.29, 0.717) is 11.5 Å². The first-order chi connectivity index (χ1) is 10.3. The van der Waals surface area contributed by atoms with E-state index in [4.69, 9.17) is 25.0 Å². The molecular weight excluding hydrogens is 340 g/mol. The van der Waals surface area contributed by atoms with Crippen molar-refractivity contribution in [3.8, 4) is 0 Å². The summed E-state index contributed by atoms with van der Waals surface area (Å²) in [4.78, 5) is 29.8. The minimum atomic E-state index is -4.28. The predicted molar refractivity (Wildman–Crippen MR) is 80.0 cm³/mol. The number of aromatic nitrogens is 2. The van der Waals surface area contributed by atoms with Crippen molar-refractivity contribution in [1.82, 2.24) is 14.9 Å². The van der Waals surface area contributed by atoms with E-state index in [1.807, 2.05) is 0 Å². The molecule has 0 spiro atoms. The fourth-order valence-electron chi connectivity index (χ4n) is 2.38. The average molecular weight is 357 g/mol. The van der Waals surface area contributed by atoms with Gasteiger partial charge in [0.2, 0.25) is 0 Å². The predicted octanol–water partition coefficient (Wildman–Crippen LogP) is -1.72. The Morgan fingerprint density at radius 1 is 1.61 bits per heavy atom. The van der Waals surface area contributed by atoms with Crippen molar-refractivity contribution in [2.24, 2.45) is 10.7 Å². The molecule has 2 aliphatic heterocycles. The number of rotatable bonds is 4. The van der Waals surface area contributed by atoms with Crippen LogP contribution < -0.4 is 5.73 Å². The maximum absolute atomic E-state index is 10.8. The second kappa shape index (κ2) is 6.89. The number of aliphatic imine (C=N–C) groups is 1. The van der Waals surface area contributed by atoms with Gasteiger partial charge in [0.15, 0.2) is 5.82 Å². The molecule has 124 valence electrons. The van der Waals surface area contributed by atoms with Crippen molar-refractivity contribution in [3.05, 3.63) is 12.0 Å². The molecule has 1 fully saturated rings. The molecule has 23 heavy (non-hydrogen) atoms. The number of nitrogens with two attached hydrogens (primary N) is 1. The van der Waals surface area contributed by atoms with E-state index < -0.39 is 32.1 Å². The van der Waals surface area contributed by atoms with Crippen LogP contribution in [-0.4, -0.2) is 90.6 Å². The molecule has 0 amide bonds. The Kier molecular flexibility index (Phi) is 5.69. The van der Waals surface area contributed by atoms with Gasteiger partial charge in [-0.15, -0.1) is 0 Å². The zero-order valence-corrected chi connectivity index (χ0v) is 12.3. The second-order valence-electron chi connectivity index (χ2n) is 5.07. The summed E-state index contributed by atoms with van der Waals surface area (Å²) in [6.45, 7) is -0.0268. The molecule has 0 aliphatic carbocycles. The molecule has 0 bridgehead atoms. The number of H-pyrrole nitrogens is 1. The summed E-state index contributed by atoms with van der Waals surface area (Å²) < 4.78 is 21.2. The van der Waals surface area contributed by atoms with Crippen molar-refractivity contribution >= 4 is 49.3 Å². The van der Waals surface area contributed by atoms with Crippen LogP contribution in [0, 0.1) is 0 Å². The van der Waals surface area contributed by atoms with Crippen LogP contribution in [0.4, 0.5) is 5.82 Å². The molecule has 2 aliphatic rings. The quantitative estimate of drug-likeness (QED) is 0.311. The SMILES string of the molecule is NC1c2nc[nH]c2N=CN1[C@@]1(O)C[C@H](OCP(=O)(O)O)CO1.[NaH]. The second-order valence-corrected chi connectivity index (χ2v) is 6.66. The van der Waals surface area contributed by atoms with Crippen molar-refractivity contribution in [2.45, 2.75) is 24.6 Å².